The van der Waals surface area contributed by atoms with E-state index in [1.807, 2.05) is 0 Å². The van der Waals surface area contributed by atoms with E-state index in [-0.39, 0.29) is 23.4 Å². The van der Waals surface area contributed by atoms with Gasteiger partial charge in [-0.2, -0.15) is 10.4 Å². The average Bonchev–Trinajstić information content (AvgIpc) is 2.47. The Hall–Kier alpha value is -3.41. The molecule has 0 unspecified atom stereocenters. The van der Waals surface area contributed by atoms with E-state index in [0.717, 1.165) is 18.2 Å². The van der Waals surface area contributed by atoms with Crippen LogP contribution >= 0.6 is 0 Å². The Balaban J connectivity index is 3.11. The van der Waals surface area contributed by atoms with Crippen LogP contribution in [0.15, 0.2) is 23.3 Å². The molecule has 0 aliphatic carbocycles. The first kappa shape index (κ1) is 16.6. The topological polar surface area (TPSA) is 149 Å². The van der Waals surface area contributed by atoms with Crippen LogP contribution in [0.25, 0.3) is 0 Å². The van der Waals surface area contributed by atoms with Crippen molar-refractivity contribution < 1.29 is 29.3 Å². The van der Waals surface area contributed by atoms with Crippen molar-refractivity contribution in [3.8, 4) is 6.07 Å². The van der Waals surface area contributed by atoms with Gasteiger partial charge in [-0.15, -0.1) is 0 Å². The maximum atomic E-state index is 11.3. The lowest BCUT2D eigenvalue weighted by molar-refractivity contribution is -0.134. The molecule has 3 N–H and O–H groups in total. The van der Waals surface area contributed by atoms with Gasteiger partial charge in [0, 0.05) is 0 Å². The number of hydrogen-bond donors (Lipinski definition) is 3. The fourth-order valence-corrected chi connectivity index (χ4v) is 1.38. The van der Waals surface area contributed by atoms with E-state index in [9.17, 15) is 14.4 Å². The van der Waals surface area contributed by atoms with Crippen molar-refractivity contribution >= 4 is 29.3 Å². The summed E-state index contributed by atoms with van der Waals surface area (Å²) in [5, 5.41) is 30.1. The second-order valence-corrected chi connectivity index (χ2v) is 3.81. The summed E-state index contributed by atoms with van der Waals surface area (Å²) in [5.74, 6) is -3.62. The molecule has 0 aliphatic heterocycles. The highest BCUT2D eigenvalue weighted by Gasteiger charge is 2.14. The Morgan fingerprint density at radius 3 is 2.18 bits per heavy atom. The number of hydrazone groups is 1. The summed E-state index contributed by atoms with van der Waals surface area (Å²) >= 11 is 0. The normalized spacial score (nSPS) is 10.5. The SMILES string of the molecule is CCOC(=O)/C(C#N)=N\Nc1cc(C(=O)O)cc(C(=O)O)c1. The van der Waals surface area contributed by atoms with Crippen LogP contribution in [-0.2, 0) is 9.53 Å². The molecule has 0 aromatic heterocycles. The smallest absolute Gasteiger partial charge is 0.369 e. The summed E-state index contributed by atoms with van der Waals surface area (Å²) in [6.45, 7) is 1.60. The molecule has 1 aromatic rings. The van der Waals surface area contributed by atoms with Gasteiger partial charge in [-0.1, -0.05) is 0 Å². The van der Waals surface area contributed by atoms with E-state index in [0.29, 0.717) is 0 Å². The molecule has 1 aromatic carbocycles. The second-order valence-electron chi connectivity index (χ2n) is 3.81. The molecule has 114 valence electrons. The molecule has 1 rings (SSSR count). The quantitative estimate of drug-likeness (QED) is 0.399. The molecule has 9 nitrogen and oxygen atoms in total. The molecule has 0 fully saturated rings. The molecule has 0 radical (unpaired) electrons. The summed E-state index contributed by atoms with van der Waals surface area (Å²) in [5.41, 5.74) is 1.10. The van der Waals surface area contributed by atoms with Crippen molar-refractivity contribution in [2.24, 2.45) is 5.10 Å². The van der Waals surface area contributed by atoms with Crippen molar-refractivity contribution in [1.29, 1.82) is 5.26 Å². The number of ether oxygens (including phenoxy) is 1. The number of carbonyl (C=O) groups is 3. The zero-order chi connectivity index (χ0) is 16.7. The number of benzene rings is 1. The van der Waals surface area contributed by atoms with Crippen LogP contribution in [0.3, 0.4) is 0 Å². The van der Waals surface area contributed by atoms with Gasteiger partial charge in [-0.05, 0) is 25.1 Å². The molecular formula is C13H11N3O6. The van der Waals surface area contributed by atoms with Crippen LogP contribution in [0, 0.1) is 11.3 Å². The van der Waals surface area contributed by atoms with Gasteiger partial charge in [0.1, 0.15) is 6.07 Å². The van der Waals surface area contributed by atoms with E-state index in [2.05, 4.69) is 15.3 Å². The lowest BCUT2D eigenvalue weighted by Crippen LogP contribution is -2.17. The minimum atomic E-state index is -1.33. The Labute approximate surface area is 124 Å². The van der Waals surface area contributed by atoms with Crippen LogP contribution in [0.2, 0.25) is 0 Å². The minimum absolute atomic E-state index is 0.00523. The highest BCUT2D eigenvalue weighted by molar-refractivity contribution is 6.43. The molecule has 0 heterocycles. The zero-order valence-electron chi connectivity index (χ0n) is 11.4. The minimum Gasteiger partial charge on any atom is -0.478 e. The Morgan fingerprint density at radius 1 is 1.23 bits per heavy atom. The number of carboxylic acid groups (broad SMARTS) is 2. The Morgan fingerprint density at radius 2 is 1.77 bits per heavy atom. The predicted octanol–water partition coefficient (Wildman–Crippen LogP) is 0.938. The molecule has 22 heavy (non-hydrogen) atoms. The van der Waals surface area contributed by atoms with Gasteiger partial charge >= 0.3 is 17.9 Å². The maximum Gasteiger partial charge on any atom is 0.369 e. The monoisotopic (exact) mass is 305 g/mol. The van der Waals surface area contributed by atoms with Crippen LogP contribution in [0.1, 0.15) is 27.6 Å². The van der Waals surface area contributed by atoms with Crippen LogP contribution < -0.4 is 5.43 Å². The summed E-state index contributed by atoms with van der Waals surface area (Å²) < 4.78 is 4.59. The number of rotatable bonds is 6. The van der Waals surface area contributed by atoms with Crippen molar-refractivity contribution in [3.63, 3.8) is 0 Å². The van der Waals surface area contributed by atoms with Crippen LogP contribution in [-0.4, -0.2) is 40.4 Å². The van der Waals surface area contributed by atoms with E-state index in [1.54, 1.807) is 6.92 Å². The fourth-order valence-electron chi connectivity index (χ4n) is 1.38. The number of nitrogens with zero attached hydrogens (tertiary/aromatic N) is 2. The molecular weight excluding hydrogens is 294 g/mol. The summed E-state index contributed by atoms with van der Waals surface area (Å²) in [7, 11) is 0. The van der Waals surface area contributed by atoms with E-state index in [4.69, 9.17) is 15.5 Å². The van der Waals surface area contributed by atoms with Crippen LogP contribution in [0.4, 0.5) is 5.69 Å². The first-order chi connectivity index (χ1) is 10.4. The first-order valence-electron chi connectivity index (χ1n) is 5.91. The first-order valence-corrected chi connectivity index (χ1v) is 5.91. The number of carbonyl (C=O) groups excluding carboxylic acids is 1. The molecule has 0 saturated heterocycles. The lowest BCUT2D eigenvalue weighted by Gasteiger charge is -2.05. The Kier molecular flexibility index (Phi) is 5.59. The second kappa shape index (κ2) is 7.39. The summed E-state index contributed by atoms with van der Waals surface area (Å²) in [6, 6.07) is 4.70. The number of nitriles is 1. The van der Waals surface area contributed by atoms with Gasteiger partial charge in [0.25, 0.3) is 0 Å². The van der Waals surface area contributed by atoms with Crippen molar-refractivity contribution in [2.75, 3.05) is 12.0 Å². The van der Waals surface area contributed by atoms with Gasteiger partial charge in [-0.25, -0.2) is 14.4 Å². The highest BCUT2D eigenvalue weighted by atomic mass is 16.5. The summed E-state index contributed by atoms with van der Waals surface area (Å²) in [6.07, 6.45) is 0. The lowest BCUT2D eigenvalue weighted by atomic mass is 10.1. The molecule has 0 amide bonds. The van der Waals surface area contributed by atoms with Gasteiger partial charge in [0.05, 0.1) is 23.4 Å². The number of hydrogen-bond acceptors (Lipinski definition) is 7. The number of anilines is 1. The largest absolute Gasteiger partial charge is 0.478 e. The third-order valence-electron chi connectivity index (χ3n) is 2.30. The molecule has 0 bridgehead atoms. The fraction of sp³-hybridized carbons (Fsp3) is 0.154. The molecule has 0 aliphatic rings. The third kappa shape index (κ3) is 4.31. The van der Waals surface area contributed by atoms with Crippen LogP contribution in [0.5, 0.6) is 0 Å². The predicted molar refractivity (Wildman–Crippen MR) is 73.7 cm³/mol. The van der Waals surface area contributed by atoms with Gasteiger partial charge in [-0.3, -0.25) is 5.43 Å². The molecule has 0 saturated carbocycles. The molecule has 9 heteroatoms. The van der Waals surface area contributed by atoms with Gasteiger partial charge < -0.3 is 14.9 Å². The zero-order valence-corrected chi connectivity index (χ0v) is 11.4. The highest BCUT2D eigenvalue weighted by Crippen LogP contribution is 2.15. The maximum absolute atomic E-state index is 11.3. The van der Waals surface area contributed by atoms with Gasteiger partial charge in [0.2, 0.25) is 5.71 Å². The standard InChI is InChI=1S/C13H11N3O6/c1-2-22-13(21)10(6-14)16-15-9-4-7(11(17)18)3-8(5-9)12(19)20/h3-5,15H,2H2,1H3,(H,17,18)(H,19,20)/b16-10-. The van der Waals surface area contributed by atoms with Crippen molar-refractivity contribution in [2.45, 2.75) is 6.92 Å². The molecule has 0 atom stereocenters. The third-order valence-corrected chi connectivity index (χ3v) is 2.30. The van der Waals surface area contributed by atoms with Crippen molar-refractivity contribution in [3.05, 3.63) is 29.3 Å². The van der Waals surface area contributed by atoms with Gasteiger partial charge in [0.15, 0.2) is 0 Å². The molecule has 0 spiro atoms. The van der Waals surface area contributed by atoms with E-state index >= 15 is 0 Å². The number of aromatic carboxylic acids is 2. The average molecular weight is 305 g/mol. The number of esters is 1. The Bertz CT molecular complexity index is 657. The number of carboxylic acids is 2. The van der Waals surface area contributed by atoms with E-state index < -0.39 is 23.6 Å². The van der Waals surface area contributed by atoms with E-state index in [1.165, 1.54) is 6.07 Å². The number of nitrogens with one attached hydrogen (secondary N) is 1. The summed E-state index contributed by atoms with van der Waals surface area (Å²) in [4.78, 5) is 33.2. The van der Waals surface area contributed by atoms with Crippen molar-refractivity contribution in [1.82, 2.24) is 0 Å².